The topological polar surface area (TPSA) is 66.4 Å². The van der Waals surface area contributed by atoms with E-state index < -0.39 is 5.97 Å². The minimum atomic E-state index is -1.12. The number of carbonyl (C=O) groups excluding carboxylic acids is 1. The average Bonchev–Trinajstić information content (AvgIpc) is 2.67. The van der Waals surface area contributed by atoms with Gasteiger partial charge in [-0.2, -0.15) is 0 Å². The summed E-state index contributed by atoms with van der Waals surface area (Å²) in [5, 5.41) is 12.8. The largest absolute Gasteiger partial charge is 0.478 e. The molecule has 0 saturated carbocycles. The molecule has 4 nitrogen and oxygen atoms in total. The zero-order valence-electron chi connectivity index (χ0n) is 7.97. The Morgan fingerprint density at radius 3 is 2.87 bits per heavy atom. The van der Waals surface area contributed by atoms with E-state index in [1.807, 2.05) is 17.5 Å². The highest BCUT2D eigenvalue weighted by Crippen LogP contribution is 2.07. The molecule has 0 fully saturated rings. The van der Waals surface area contributed by atoms with Gasteiger partial charge >= 0.3 is 5.97 Å². The number of hydrogen-bond acceptors (Lipinski definition) is 3. The fraction of sp³-hybridized carbons (Fsp3) is 0.200. The number of hydrogen-bond donors (Lipinski definition) is 2. The second-order valence-electron chi connectivity index (χ2n) is 2.79. The van der Waals surface area contributed by atoms with E-state index in [1.54, 1.807) is 11.3 Å². The number of carboxylic acid groups (broad SMARTS) is 1. The van der Waals surface area contributed by atoms with Crippen molar-refractivity contribution in [3.8, 4) is 0 Å². The first kappa shape index (κ1) is 11.5. The van der Waals surface area contributed by atoms with E-state index in [9.17, 15) is 9.59 Å². The van der Waals surface area contributed by atoms with Gasteiger partial charge in [0.25, 0.3) is 0 Å². The van der Waals surface area contributed by atoms with Gasteiger partial charge in [0.15, 0.2) is 0 Å². The molecule has 2 N–H and O–H groups in total. The maximum absolute atomic E-state index is 11.0. The van der Waals surface area contributed by atoms with E-state index in [4.69, 9.17) is 5.11 Å². The molecule has 1 heterocycles. The van der Waals surface area contributed by atoms with E-state index in [0.717, 1.165) is 18.6 Å². The van der Waals surface area contributed by atoms with Crippen LogP contribution in [-0.4, -0.2) is 23.5 Å². The van der Waals surface area contributed by atoms with Gasteiger partial charge in [-0.25, -0.2) is 4.79 Å². The van der Waals surface area contributed by atoms with Crippen molar-refractivity contribution in [1.82, 2.24) is 5.32 Å². The summed E-state index contributed by atoms with van der Waals surface area (Å²) in [5.74, 6) is -1.50. The molecule has 0 spiro atoms. The molecule has 0 aliphatic heterocycles. The first-order valence-electron chi connectivity index (χ1n) is 4.39. The smallest absolute Gasteiger partial charge is 0.328 e. The molecule has 1 amide bonds. The molecule has 0 saturated heterocycles. The predicted octanol–water partition coefficient (Wildman–Crippen LogP) is 1.05. The molecule has 0 bridgehead atoms. The molecule has 0 aromatic carbocycles. The van der Waals surface area contributed by atoms with E-state index in [0.29, 0.717) is 6.54 Å². The minimum absolute atomic E-state index is 0.381. The maximum Gasteiger partial charge on any atom is 0.328 e. The van der Waals surface area contributed by atoms with Crippen LogP contribution < -0.4 is 5.32 Å². The first-order valence-corrected chi connectivity index (χ1v) is 5.27. The molecule has 5 heteroatoms. The highest BCUT2D eigenvalue weighted by molar-refractivity contribution is 7.09. The molecule has 80 valence electrons. The Kier molecular flexibility index (Phi) is 4.56. The van der Waals surface area contributed by atoms with Crippen LogP contribution in [0.25, 0.3) is 0 Å². The lowest BCUT2D eigenvalue weighted by molar-refractivity contribution is -0.131. The van der Waals surface area contributed by atoms with Crippen LogP contribution in [0, 0.1) is 0 Å². The van der Waals surface area contributed by atoms with E-state index >= 15 is 0 Å². The van der Waals surface area contributed by atoms with Gasteiger partial charge in [0.1, 0.15) is 0 Å². The van der Waals surface area contributed by atoms with Gasteiger partial charge in [-0.3, -0.25) is 4.79 Å². The fourth-order valence-corrected chi connectivity index (χ4v) is 1.68. The zero-order valence-corrected chi connectivity index (χ0v) is 8.79. The number of aliphatic carboxylic acids is 1. The van der Waals surface area contributed by atoms with Crippen LogP contribution in [-0.2, 0) is 16.0 Å². The summed E-state index contributed by atoms with van der Waals surface area (Å²) in [6.45, 7) is 0.517. The van der Waals surface area contributed by atoms with Gasteiger partial charge in [-0.1, -0.05) is 6.07 Å². The molecule has 0 aliphatic rings. The normalized spacial score (nSPS) is 10.4. The van der Waals surface area contributed by atoms with Crippen LogP contribution in [0.5, 0.6) is 0 Å². The molecule has 15 heavy (non-hydrogen) atoms. The van der Waals surface area contributed by atoms with Crippen molar-refractivity contribution in [1.29, 1.82) is 0 Å². The van der Waals surface area contributed by atoms with Crippen molar-refractivity contribution in [3.63, 3.8) is 0 Å². The quantitative estimate of drug-likeness (QED) is 0.736. The molecule has 0 unspecified atom stereocenters. The van der Waals surface area contributed by atoms with Crippen LogP contribution >= 0.6 is 11.3 Å². The monoisotopic (exact) mass is 225 g/mol. The zero-order chi connectivity index (χ0) is 11.1. The molecule has 0 radical (unpaired) electrons. The highest BCUT2D eigenvalue weighted by atomic mass is 32.1. The van der Waals surface area contributed by atoms with E-state index in [2.05, 4.69) is 5.32 Å². The van der Waals surface area contributed by atoms with Gasteiger partial charge in [-0.15, -0.1) is 11.3 Å². The molecule has 1 aromatic heterocycles. The van der Waals surface area contributed by atoms with Crippen molar-refractivity contribution in [2.45, 2.75) is 6.42 Å². The standard InChI is InChI=1S/C10H11NO3S/c12-9(3-4-10(13)14)11-6-5-8-2-1-7-15-8/h1-4,7H,5-6H2,(H,11,12)(H,13,14)/b4-3+. The van der Waals surface area contributed by atoms with Crippen molar-refractivity contribution in [2.75, 3.05) is 6.54 Å². The Labute approximate surface area is 91.2 Å². The molecule has 1 aromatic rings. The molecular formula is C10H11NO3S. The number of amides is 1. The highest BCUT2D eigenvalue weighted by Gasteiger charge is 1.97. The summed E-state index contributed by atoms with van der Waals surface area (Å²) in [6.07, 6.45) is 2.60. The molecule has 0 aliphatic carbocycles. The Morgan fingerprint density at radius 1 is 1.47 bits per heavy atom. The third kappa shape index (κ3) is 4.97. The van der Waals surface area contributed by atoms with Crippen LogP contribution in [0.3, 0.4) is 0 Å². The molecule has 0 atom stereocenters. The average molecular weight is 225 g/mol. The fourth-order valence-electron chi connectivity index (χ4n) is 0.970. The Bertz CT molecular complexity index is 357. The third-order valence-electron chi connectivity index (χ3n) is 1.63. The van der Waals surface area contributed by atoms with Crippen LogP contribution in [0.4, 0.5) is 0 Å². The minimum Gasteiger partial charge on any atom is -0.478 e. The van der Waals surface area contributed by atoms with Gasteiger partial charge in [-0.05, 0) is 17.9 Å². The van der Waals surface area contributed by atoms with Gasteiger partial charge in [0.2, 0.25) is 5.91 Å². The number of rotatable bonds is 5. The lowest BCUT2D eigenvalue weighted by Gasteiger charge is -1.99. The lowest BCUT2D eigenvalue weighted by Crippen LogP contribution is -2.23. The third-order valence-corrected chi connectivity index (χ3v) is 2.56. The molecular weight excluding hydrogens is 214 g/mol. The Balaban J connectivity index is 2.20. The van der Waals surface area contributed by atoms with Crippen molar-refractivity contribution in [2.24, 2.45) is 0 Å². The number of nitrogens with one attached hydrogen (secondary N) is 1. The van der Waals surface area contributed by atoms with E-state index in [-0.39, 0.29) is 5.91 Å². The van der Waals surface area contributed by atoms with Gasteiger partial charge in [0.05, 0.1) is 0 Å². The second kappa shape index (κ2) is 5.98. The number of carbonyl (C=O) groups is 2. The first-order chi connectivity index (χ1) is 7.18. The lowest BCUT2D eigenvalue weighted by atomic mass is 10.3. The second-order valence-corrected chi connectivity index (χ2v) is 3.82. The van der Waals surface area contributed by atoms with Crippen LogP contribution in [0.1, 0.15) is 4.88 Å². The summed E-state index contributed by atoms with van der Waals surface area (Å²) >= 11 is 1.63. The Hall–Kier alpha value is -1.62. The van der Waals surface area contributed by atoms with Gasteiger partial charge in [0, 0.05) is 23.6 Å². The SMILES string of the molecule is O=C(O)/C=C/C(=O)NCCc1cccs1. The van der Waals surface area contributed by atoms with Crippen molar-refractivity contribution < 1.29 is 14.7 Å². The summed E-state index contributed by atoms with van der Waals surface area (Å²) < 4.78 is 0. The van der Waals surface area contributed by atoms with Crippen molar-refractivity contribution in [3.05, 3.63) is 34.5 Å². The summed E-state index contributed by atoms with van der Waals surface area (Å²) in [6, 6.07) is 3.94. The number of carboxylic acids is 1. The predicted molar refractivity (Wildman–Crippen MR) is 57.8 cm³/mol. The van der Waals surface area contributed by atoms with E-state index in [1.165, 1.54) is 4.88 Å². The van der Waals surface area contributed by atoms with Crippen molar-refractivity contribution >= 4 is 23.2 Å². The summed E-state index contributed by atoms with van der Waals surface area (Å²) in [7, 11) is 0. The summed E-state index contributed by atoms with van der Waals surface area (Å²) in [4.78, 5) is 22.3. The van der Waals surface area contributed by atoms with Crippen LogP contribution in [0.15, 0.2) is 29.7 Å². The Morgan fingerprint density at radius 2 is 2.27 bits per heavy atom. The number of thiophene rings is 1. The van der Waals surface area contributed by atoms with Gasteiger partial charge < -0.3 is 10.4 Å². The maximum atomic E-state index is 11.0. The summed E-state index contributed by atoms with van der Waals surface area (Å²) in [5.41, 5.74) is 0. The molecule has 1 rings (SSSR count). The van der Waals surface area contributed by atoms with Crippen LogP contribution in [0.2, 0.25) is 0 Å².